The van der Waals surface area contributed by atoms with Gasteiger partial charge in [-0.05, 0) is 0 Å². The minimum atomic E-state index is 0. The summed E-state index contributed by atoms with van der Waals surface area (Å²) in [5.74, 6) is 0. The first-order valence-electron chi connectivity index (χ1n) is 0.775. The van der Waals surface area contributed by atoms with Crippen LogP contribution in [0.15, 0.2) is 0 Å². The van der Waals surface area contributed by atoms with E-state index in [0.717, 1.165) is 0 Å². The quantitative estimate of drug-likeness (QED) is 0.503. The third-order valence-corrected chi connectivity index (χ3v) is 0. The summed E-state index contributed by atoms with van der Waals surface area (Å²) in [6.07, 6.45) is 0. The Bertz CT molecular complexity index is 48.3. The molecule has 0 bridgehead atoms. The number of hydrogen-bond donors (Lipinski definition) is 0. The van der Waals surface area contributed by atoms with Crippen LogP contribution < -0.4 is 0 Å². The van der Waals surface area contributed by atoms with E-state index in [9.17, 15) is 0 Å². The second kappa shape index (κ2) is 1410. The van der Waals surface area contributed by atoms with E-state index >= 15 is 0 Å². The third kappa shape index (κ3) is 1120. The van der Waals surface area contributed by atoms with Gasteiger partial charge in [-0.15, -0.1) is 0 Å². The van der Waals surface area contributed by atoms with Gasteiger partial charge < -0.3 is 30.8 Å². The van der Waals surface area contributed by atoms with Gasteiger partial charge in [0.15, 0.2) is 0 Å². The van der Waals surface area contributed by atoms with Gasteiger partial charge in [0.2, 0.25) is 0 Å². The molecular formula is B3N8Nb3. The van der Waals surface area contributed by atoms with E-state index in [-0.39, 0.29) is 97.9 Å². The van der Waals surface area contributed by atoms with Crippen LogP contribution >= 0.6 is 0 Å². The minimum absolute atomic E-state index is 0. The first-order chi connectivity index (χ1) is 3.00. The maximum Gasteiger partial charge on any atom is 5.00 e. The van der Waals surface area contributed by atoms with Crippen LogP contribution in [0.25, 0.3) is 30.8 Å². The van der Waals surface area contributed by atoms with Crippen LogP contribution in [-0.2, 0) is 67.1 Å². The van der Waals surface area contributed by atoms with Crippen molar-refractivity contribution >= 4 is 22.5 Å². The molecule has 64 valence electrons. The molecule has 0 aliphatic heterocycles. The number of rotatable bonds is 0. The largest absolute Gasteiger partial charge is 5.00 e. The van der Waals surface area contributed by atoms with E-state index in [1.54, 1.807) is 0 Å². The van der Waals surface area contributed by atoms with Crippen LogP contribution in [0.2, 0.25) is 0 Å². The van der Waals surface area contributed by atoms with Crippen molar-refractivity contribution in [2.45, 2.75) is 0 Å². The molecule has 0 saturated heterocycles. The molecule has 0 saturated carbocycles. The van der Waals surface area contributed by atoms with Crippen molar-refractivity contribution in [3.8, 4) is 0 Å². The Hall–Kier alpha value is 1.35. The van der Waals surface area contributed by atoms with Gasteiger partial charge in [0, 0.05) is 0 Å². The summed E-state index contributed by atoms with van der Waals surface area (Å²) in [6, 6.07) is 0. The van der Waals surface area contributed by atoms with Gasteiger partial charge in [-0.1, -0.05) is 0 Å². The fourth-order valence-electron chi connectivity index (χ4n) is 0. The fraction of sp³-hybridized carbons (Fsp3) is 0. The molecule has 0 atom stereocenters. The SMILES string of the molecule is B#N.B#N.B#N.[N-3].[N-3].[N-3].[N-3].[N-3].[Nb+5].[Nb+5].[Nb+5]. The van der Waals surface area contributed by atoms with Crippen LogP contribution in [0.4, 0.5) is 0 Å². The van der Waals surface area contributed by atoms with Crippen molar-refractivity contribution in [1.82, 2.24) is 0 Å². The molecule has 8 nitrogen and oxygen atoms in total. The van der Waals surface area contributed by atoms with E-state index in [2.05, 4.69) is 22.5 Å². The molecule has 14 heteroatoms. The van der Waals surface area contributed by atoms with E-state index < -0.39 is 0 Å². The first kappa shape index (κ1) is 167. The topological polar surface area (TPSA) is 224 Å². The second-order valence-electron chi connectivity index (χ2n) is 0. The Morgan fingerprint density at radius 3 is 0.357 bits per heavy atom. The van der Waals surface area contributed by atoms with E-state index in [1.807, 2.05) is 0 Å². The maximum absolute atomic E-state index is 6.50. The Labute approximate surface area is 135 Å². The van der Waals surface area contributed by atoms with Gasteiger partial charge in [-0.2, -0.15) is 0 Å². The normalized spacial score (nSPS) is 1.07. The molecule has 0 N–H and O–H groups in total. The van der Waals surface area contributed by atoms with E-state index in [4.69, 9.17) is 15.5 Å². The predicted molar refractivity (Wildman–Crippen MR) is 39.2 cm³/mol. The summed E-state index contributed by atoms with van der Waals surface area (Å²) < 4.78 is 0. The van der Waals surface area contributed by atoms with Crippen LogP contribution in [0, 0.1) is 15.5 Å². The zero-order valence-electron chi connectivity index (χ0n) is 6.65. The fourth-order valence-corrected chi connectivity index (χ4v) is 0. The van der Waals surface area contributed by atoms with Gasteiger partial charge in [0.05, 0.1) is 0 Å². The minimum Gasteiger partial charge on any atom is -3.00 e. The zero-order valence-corrected chi connectivity index (χ0v) is 13.2. The molecule has 0 aromatic heterocycles. The maximum atomic E-state index is 6.50. The molecule has 0 amide bonds. The van der Waals surface area contributed by atoms with Crippen molar-refractivity contribution in [3.05, 3.63) is 30.8 Å². The standard InChI is InChI=1S/3BN.5N.3Nb/c3*1-2;;;;;;;;/q;;;5*-3;3*+5. The average Bonchev–Trinajstić information content (AvgIpc) is 1.81. The Kier molecular flexibility index (Phi) is 16900. The van der Waals surface area contributed by atoms with Crippen molar-refractivity contribution in [2.75, 3.05) is 0 Å². The molecule has 0 radical (unpaired) electrons. The Balaban J connectivity index is -0.000000000833. The molecular weight excluding hydrogens is 423 g/mol. The summed E-state index contributed by atoms with van der Waals surface area (Å²) in [5, 5.41) is 19.5. The van der Waals surface area contributed by atoms with Crippen molar-refractivity contribution in [1.29, 1.82) is 15.5 Å². The summed E-state index contributed by atoms with van der Waals surface area (Å²) in [5.41, 5.74) is 0. The van der Waals surface area contributed by atoms with Gasteiger partial charge >= 0.3 is 105 Å². The monoisotopic (exact) mass is 424 g/mol. The molecule has 14 heavy (non-hydrogen) atoms. The molecule has 0 aliphatic carbocycles. The van der Waals surface area contributed by atoms with Gasteiger partial charge in [0.25, 0.3) is 0 Å². The molecule has 0 fully saturated rings. The molecule has 0 spiro atoms. The average molecular weight is 423 g/mol. The van der Waals surface area contributed by atoms with Crippen LogP contribution in [0.3, 0.4) is 0 Å². The van der Waals surface area contributed by atoms with Crippen molar-refractivity contribution < 1.29 is 67.1 Å². The van der Waals surface area contributed by atoms with Crippen molar-refractivity contribution in [2.24, 2.45) is 0 Å². The summed E-state index contributed by atoms with van der Waals surface area (Å²) in [6.45, 7) is 0. The van der Waals surface area contributed by atoms with Gasteiger partial charge in [-0.3, -0.25) is 0 Å². The predicted octanol–water partition coefficient (Wildman–Crippen LogP) is 0.339. The second-order valence-corrected chi connectivity index (χ2v) is 0. The van der Waals surface area contributed by atoms with Crippen LogP contribution in [0.1, 0.15) is 0 Å². The molecule has 0 aromatic carbocycles. The summed E-state index contributed by atoms with van der Waals surface area (Å²) in [7, 11) is 10.5. The van der Waals surface area contributed by atoms with E-state index in [0.29, 0.717) is 0 Å². The summed E-state index contributed by atoms with van der Waals surface area (Å²) in [4.78, 5) is 0. The van der Waals surface area contributed by atoms with Gasteiger partial charge in [0.1, 0.15) is 0 Å². The zero-order chi connectivity index (χ0) is 6.00. The smallest absolute Gasteiger partial charge is 3.00 e. The van der Waals surface area contributed by atoms with Crippen molar-refractivity contribution in [3.63, 3.8) is 0 Å². The van der Waals surface area contributed by atoms with Crippen LogP contribution in [-0.4, -0.2) is 22.5 Å². The molecule has 0 aromatic rings. The number of hydrogen-bond acceptors (Lipinski definition) is 3. The first-order valence-corrected chi connectivity index (χ1v) is 0.775. The van der Waals surface area contributed by atoms with Crippen LogP contribution in [0.5, 0.6) is 0 Å². The molecule has 0 aliphatic rings. The molecule has 0 heterocycles. The van der Waals surface area contributed by atoms with Gasteiger partial charge in [-0.25, -0.2) is 0 Å². The summed E-state index contributed by atoms with van der Waals surface area (Å²) >= 11 is 0. The Morgan fingerprint density at radius 2 is 0.357 bits per heavy atom. The third-order valence-electron chi connectivity index (χ3n) is 0. The Morgan fingerprint density at radius 1 is 0.357 bits per heavy atom. The molecule has 0 unspecified atom stereocenters. The van der Waals surface area contributed by atoms with E-state index in [1.165, 1.54) is 0 Å². The molecule has 0 rings (SSSR count). The number of nitrogens with zero attached hydrogens (tertiary/aromatic N) is 8.